The van der Waals surface area contributed by atoms with Gasteiger partial charge >= 0.3 is 0 Å². The fourth-order valence-corrected chi connectivity index (χ4v) is 3.03. The van der Waals surface area contributed by atoms with Crippen LogP contribution >= 0.6 is 0 Å². The van der Waals surface area contributed by atoms with E-state index in [1.165, 1.54) is 4.68 Å². The van der Waals surface area contributed by atoms with Crippen LogP contribution in [0.25, 0.3) is 16.6 Å². The summed E-state index contributed by atoms with van der Waals surface area (Å²) in [5.41, 5.74) is 1.90. The minimum Gasteiger partial charge on any atom is -0.463 e. The molecule has 1 N–H and O–H groups in total. The van der Waals surface area contributed by atoms with Crippen LogP contribution in [-0.4, -0.2) is 40.3 Å². The molecule has 140 valence electrons. The van der Waals surface area contributed by atoms with Crippen molar-refractivity contribution in [3.05, 3.63) is 34.6 Å². The second-order valence-corrected chi connectivity index (χ2v) is 6.13. The number of aryl methyl sites for hydroxylation is 2. The number of nitrogens with one attached hydrogen (secondary N) is 1. The first-order valence-electron chi connectivity index (χ1n) is 8.90. The Hall–Kier alpha value is -2.61. The van der Waals surface area contributed by atoms with E-state index in [0.29, 0.717) is 50.1 Å². The van der Waals surface area contributed by atoms with E-state index in [1.807, 2.05) is 17.4 Å². The summed E-state index contributed by atoms with van der Waals surface area (Å²) in [6.07, 6.45) is 3.99. The van der Waals surface area contributed by atoms with E-state index in [1.54, 1.807) is 19.4 Å². The quantitative estimate of drug-likeness (QED) is 0.587. The van der Waals surface area contributed by atoms with Crippen LogP contribution in [0.15, 0.2) is 27.6 Å². The summed E-state index contributed by atoms with van der Waals surface area (Å²) in [4.78, 5) is 24.5. The van der Waals surface area contributed by atoms with Gasteiger partial charge in [-0.1, -0.05) is 6.92 Å². The zero-order valence-electron chi connectivity index (χ0n) is 15.2. The lowest BCUT2D eigenvalue weighted by atomic mass is 10.3. The minimum atomic E-state index is -0.172. The predicted octanol–water partition coefficient (Wildman–Crippen LogP) is 1.74. The summed E-state index contributed by atoms with van der Waals surface area (Å²) in [6, 6.07) is 3.58. The number of furan rings is 1. The van der Waals surface area contributed by atoms with Gasteiger partial charge in [-0.05, 0) is 12.8 Å². The van der Waals surface area contributed by atoms with Crippen LogP contribution < -0.4 is 10.9 Å². The van der Waals surface area contributed by atoms with Crippen molar-refractivity contribution < 1.29 is 13.9 Å². The zero-order valence-corrected chi connectivity index (χ0v) is 15.2. The van der Waals surface area contributed by atoms with Gasteiger partial charge in [-0.2, -0.15) is 5.10 Å². The Morgan fingerprint density at radius 3 is 2.96 bits per heavy atom. The highest BCUT2D eigenvalue weighted by molar-refractivity contribution is 5.82. The van der Waals surface area contributed by atoms with E-state index in [-0.39, 0.29) is 11.5 Å². The molecule has 0 aliphatic carbocycles. The van der Waals surface area contributed by atoms with Crippen LogP contribution in [0.4, 0.5) is 0 Å². The average Bonchev–Trinajstić information content (AvgIpc) is 3.22. The minimum absolute atomic E-state index is 0.0221. The second-order valence-electron chi connectivity index (χ2n) is 6.13. The van der Waals surface area contributed by atoms with Crippen LogP contribution in [-0.2, 0) is 22.5 Å². The van der Waals surface area contributed by atoms with Gasteiger partial charge in [-0.3, -0.25) is 14.0 Å². The number of ether oxygens (including phenoxy) is 1. The summed E-state index contributed by atoms with van der Waals surface area (Å²) in [5, 5.41) is 7.32. The maximum absolute atomic E-state index is 12.7. The van der Waals surface area contributed by atoms with Crippen LogP contribution in [0.5, 0.6) is 0 Å². The van der Waals surface area contributed by atoms with Crippen LogP contribution in [0.2, 0.25) is 0 Å². The van der Waals surface area contributed by atoms with E-state index >= 15 is 0 Å². The van der Waals surface area contributed by atoms with Gasteiger partial charge in [-0.25, -0.2) is 4.68 Å². The average molecular weight is 360 g/mol. The molecule has 3 aromatic rings. The van der Waals surface area contributed by atoms with Crippen molar-refractivity contribution in [2.75, 3.05) is 20.3 Å². The Morgan fingerprint density at radius 1 is 1.35 bits per heavy atom. The maximum atomic E-state index is 12.7. The van der Waals surface area contributed by atoms with Gasteiger partial charge in [0.1, 0.15) is 11.3 Å². The molecule has 0 saturated carbocycles. The van der Waals surface area contributed by atoms with E-state index in [9.17, 15) is 9.59 Å². The first-order valence-corrected chi connectivity index (χ1v) is 8.90. The third-order valence-electron chi connectivity index (χ3n) is 4.31. The molecule has 26 heavy (non-hydrogen) atoms. The fourth-order valence-electron chi connectivity index (χ4n) is 3.03. The molecule has 0 bridgehead atoms. The zero-order chi connectivity index (χ0) is 18.5. The lowest BCUT2D eigenvalue weighted by Gasteiger charge is -2.10. The molecule has 0 unspecified atom stereocenters. The van der Waals surface area contributed by atoms with Crippen molar-refractivity contribution in [2.24, 2.45) is 0 Å². The number of fused-ring (bicyclic) bond motifs is 3. The normalized spacial score (nSPS) is 11.5. The molecule has 8 nitrogen and oxygen atoms in total. The molecular formula is C18H24N4O4. The summed E-state index contributed by atoms with van der Waals surface area (Å²) < 4.78 is 13.6. The molecule has 0 atom stereocenters. The van der Waals surface area contributed by atoms with Crippen LogP contribution in [0.1, 0.15) is 32.0 Å². The molecule has 0 fully saturated rings. The Bertz CT molecular complexity index is 953. The van der Waals surface area contributed by atoms with Crippen molar-refractivity contribution in [2.45, 2.75) is 39.2 Å². The number of hydrogen-bond donors (Lipinski definition) is 1. The molecular weight excluding hydrogens is 336 g/mol. The standard InChI is InChI=1S/C18H24N4O4/c1-3-16-20-21(9-4-6-17(23)19-8-5-10-25-2)18(24)14-12-15-13(22(14)16)7-11-26-15/h7,11-12H,3-6,8-10H2,1-2H3,(H,19,23). The van der Waals surface area contributed by atoms with Gasteiger partial charge in [0.15, 0.2) is 5.58 Å². The number of amides is 1. The van der Waals surface area contributed by atoms with E-state index in [4.69, 9.17) is 9.15 Å². The molecule has 0 radical (unpaired) electrons. The molecule has 0 saturated heterocycles. The van der Waals surface area contributed by atoms with Gasteiger partial charge in [0, 0.05) is 51.8 Å². The second kappa shape index (κ2) is 8.18. The number of carbonyl (C=O) groups is 1. The number of rotatable bonds is 9. The molecule has 0 spiro atoms. The first-order chi connectivity index (χ1) is 12.7. The van der Waals surface area contributed by atoms with Gasteiger partial charge < -0.3 is 14.5 Å². The Labute approximate surface area is 150 Å². The Balaban J connectivity index is 1.69. The number of nitrogens with zero attached hydrogens (tertiary/aromatic N) is 3. The SMILES string of the molecule is CCc1nn(CCCC(=O)NCCCOC)c(=O)c2cc3occc3n12. The number of hydrogen-bond acceptors (Lipinski definition) is 5. The highest BCUT2D eigenvalue weighted by Crippen LogP contribution is 2.20. The molecule has 3 rings (SSSR count). The van der Waals surface area contributed by atoms with Crippen molar-refractivity contribution in [3.8, 4) is 0 Å². The lowest BCUT2D eigenvalue weighted by Crippen LogP contribution is -2.29. The van der Waals surface area contributed by atoms with E-state index in [0.717, 1.165) is 17.8 Å². The van der Waals surface area contributed by atoms with Gasteiger partial charge in [0.25, 0.3) is 5.56 Å². The summed E-state index contributed by atoms with van der Waals surface area (Å²) >= 11 is 0. The van der Waals surface area contributed by atoms with E-state index < -0.39 is 0 Å². The summed E-state index contributed by atoms with van der Waals surface area (Å²) in [5.74, 6) is 0.770. The fraction of sp³-hybridized carbons (Fsp3) is 0.500. The van der Waals surface area contributed by atoms with Crippen LogP contribution in [0.3, 0.4) is 0 Å². The molecule has 1 amide bonds. The lowest BCUT2D eigenvalue weighted by molar-refractivity contribution is -0.121. The Morgan fingerprint density at radius 2 is 2.19 bits per heavy atom. The van der Waals surface area contributed by atoms with E-state index in [2.05, 4.69) is 10.4 Å². The largest absolute Gasteiger partial charge is 0.463 e. The topological polar surface area (TPSA) is 90.8 Å². The molecule has 3 aromatic heterocycles. The predicted molar refractivity (Wildman–Crippen MR) is 97.3 cm³/mol. The third kappa shape index (κ3) is 3.65. The third-order valence-corrected chi connectivity index (χ3v) is 4.31. The van der Waals surface area contributed by atoms with Gasteiger partial charge in [-0.15, -0.1) is 0 Å². The summed E-state index contributed by atoms with van der Waals surface area (Å²) in [6.45, 7) is 3.62. The highest BCUT2D eigenvalue weighted by Gasteiger charge is 2.15. The smallest absolute Gasteiger partial charge is 0.291 e. The number of methoxy groups -OCH3 is 1. The van der Waals surface area contributed by atoms with Gasteiger partial charge in [0.2, 0.25) is 5.91 Å². The monoisotopic (exact) mass is 360 g/mol. The first kappa shape index (κ1) is 18.2. The maximum Gasteiger partial charge on any atom is 0.291 e. The summed E-state index contributed by atoms with van der Waals surface area (Å²) in [7, 11) is 1.63. The molecule has 3 heterocycles. The molecule has 0 aliphatic heterocycles. The van der Waals surface area contributed by atoms with Crippen molar-refractivity contribution in [1.29, 1.82) is 0 Å². The highest BCUT2D eigenvalue weighted by atomic mass is 16.5. The van der Waals surface area contributed by atoms with Crippen molar-refractivity contribution >= 4 is 22.5 Å². The van der Waals surface area contributed by atoms with Crippen molar-refractivity contribution in [3.63, 3.8) is 0 Å². The molecule has 0 aromatic carbocycles. The number of carbonyl (C=O) groups excluding carboxylic acids is 1. The van der Waals surface area contributed by atoms with Crippen molar-refractivity contribution in [1.82, 2.24) is 19.5 Å². The number of aromatic nitrogens is 3. The van der Waals surface area contributed by atoms with Crippen LogP contribution in [0, 0.1) is 0 Å². The Kier molecular flexibility index (Phi) is 5.72. The van der Waals surface area contributed by atoms with Gasteiger partial charge in [0.05, 0.1) is 11.8 Å². The molecule has 8 heteroatoms. The molecule has 0 aliphatic rings.